The van der Waals surface area contributed by atoms with Crippen LogP contribution >= 0.6 is 0 Å². The largest absolute Gasteiger partial charge is 0.289 e. The maximum Gasteiger partial charge on any atom is 0.283 e. The number of nitro groups is 3. The predicted molar refractivity (Wildman–Crippen MR) is 86.2 cm³/mol. The van der Waals surface area contributed by atoms with Gasteiger partial charge in [0.05, 0.1) is 26.4 Å². The highest BCUT2D eigenvalue weighted by atomic mass is 16.6. The molecule has 0 aliphatic heterocycles. The second-order valence-corrected chi connectivity index (χ2v) is 4.76. The Morgan fingerprint density at radius 2 is 1.48 bits per heavy atom. The lowest BCUT2D eigenvalue weighted by atomic mass is 10.1. The average Bonchev–Trinajstić information content (AvgIpc) is 2.59. The minimum atomic E-state index is -0.801. The summed E-state index contributed by atoms with van der Waals surface area (Å²) in [7, 11) is 0. The summed E-state index contributed by atoms with van der Waals surface area (Å²) in [6, 6.07) is 8.02. The molecule has 0 bridgehead atoms. The number of benzene rings is 2. The first kappa shape index (κ1) is 17.4. The van der Waals surface area contributed by atoms with Gasteiger partial charge in [0, 0.05) is 23.8 Å². The van der Waals surface area contributed by atoms with E-state index < -0.39 is 31.9 Å². The van der Waals surface area contributed by atoms with E-state index >= 15 is 0 Å². The third-order valence-corrected chi connectivity index (χ3v) is 3.18. The van der Waals surface area contributed by atoms with Gasteiger partial charge in [-0.05, 0) is 18.2 Å². The molecule has 0 fully saturated rings. The van der Waals surface area contributed by atoms with Gasteiger partial charge in [-0.2, -0.15) is 0 Å². The van der Waals surface area contributed by atoms with Crippen molar-refractivity contribution in [1.82, 2.24) is 0 Å². The molecule has 0 N–H and O–H groups in total. The van der Waals surface area contributed by atoms with Crippen LogP contribution in [0.5, 0.6) is 0 Å². The summed E-state index contributed by atoms with van der Waals surface area (Å²) in [5.74, 6) is -0.601. The van der Waals surface area contributed by atoms with Crippen LogP contribution in [-0.2, 0) is 0 Å². The first-order valence-electron chi connectivity index (χ1n) is 6.69. The molecule has 0 atom stereocenters. The van der Waals surface area contributed by atoms with Gasteiger partial charge in [-0.1, -0.05) is 12.1 Å². The Balaban J connectivity index is 2.34. The highest BCUT2D eigenvalue weighted by Gasteiger charge is 2.18. The molecule has 25 heavy (non-hydrogen) atoms. The summed E-state index contributed by atoms with van der Waals surface area (Å²) >= 11 is 0. The van der Waals surface area contributed by atoms with Crippen LogP contribution in [0.3, 0.4) is 0 Å². The molecule has 126 valence electrons. The van der Waals surface area contributed by atoms with Crippen molar-refractivity contribution < 1.29 is 19.6 Å². The molecular weight excluding hydrogens is 334 g/mol. The first-order chi connectivity index (χ1) is 11.8. The van der Waals surface area contributed by atoms with Gasteiger partial charge < -0.3 is 0 Å². The van der Waals surface area contributed by atoms with Crippen molar-refractivity contribution >= 4 is 28.9 Å². The van der Waals surface area contributed by atoms with Crippen LogP contribution in [0.1, 0.15) is 15.9 Å². The number of rotatable bonds is 6. The van der Waals surface area contributed by atoms with E-state index in [0.29, 0.717) is 0 Å². The molecule has 0 heterocycles. The zero-order valence-electron chi connectivity index (χ0n) is 12.4. The molecule has 0 aliphatic rings. The van der Waals surface area contributed by atoms with Crippen molar-refractivity contribution in [2.75, 3.05) is 0 Å². The first-order valence-corrected chi connectivity index (χ1v) is 6.69. The predicted octanol–water partition coefficient (Wildman–Crippen LogP) is 3.31. The number of carbonyl (C=O) groups excluding carboxylic acids is 1. The lowest BCUT2D eigenvalue weighted by Crippen LogP contribution is -1.97. The zero-order chi connectivity index (χ0) is 18.6. The topological polar surface area (TPSA) is 146 Å². The summed E-state index contributed by atoms with van der Waals surface area (Å²) in [5.41, 5.74) is -1.21. The van der Waals surface area contributed by atoms with E-state index in [-0.39, 0.29) is 16.8 Å². The highest BCUT2D eigenvalue weighted by Crippen LogP contribution is 2.26. The van der Waals surface area contributed by atoms with Crippen LogP contribution in [0.2, 0.25) is 0 Å². The summed E-state index contributed by atoms with van der Waals surface area (Å²) in [4.78, 5) is 42.2. The molecule has 10 heteroatoms. The number of ketones is 1. The van der Waals surface area contributed by atoms with Crippen molar-refractivity contribution in [3.05, 3.63) is 90.0 Å². The third-order valence-electron chi connectivity index (χ3n) is 3.18. The summed E-state index contributed by atoms with van der Waals surface area (Å²) in [5, 5.41) is 32.4. The Hall–Kier alpha value is -3.95. The Morgan fingerprint density at radius 3 is 2.08 bits per heavy atom. The Bertz CT molecular complexity index is 921. The summed E-state index contributed by atoms with van der Waals surface area (Å²) in [6.45, 7) is 0. The number of carbonyl (C=O) groups is 1. The molecule has 2 aromatic rings. The van der Waals surface area contributed by atoms with E-state index in [1.165, 1.54) is 18.2 Å². The normalized spacial score (nSPS) is 10.6. The fraction of sp³-hybridized carbons (Fsp3) is 0. The van der Waals surface area contributed by atoms with E-state index in [4.69, 9.17) is 0 Å². The van der Waals surface area contributed by atoms with Crippen LogP contribution in [0.15, 0.2) is 48.5 Å². The standard InChI is InChI=1S/C15H9N3O7/c19-15(11-2-1-3-12(8-11)16(20)21)7-5-10-4-6-13(17(22)23)9-14(10)18(24)25/h1-9H/b7-5+. The van der Waals surface area contributed by atoms with Gasteiger partial charge in [0.25, 0.3) is 17.1 Å². The van der Waals surface area contributed by atoms with Crippen molar-refractivity contribution in [2.24, 2.45) is 0 Å². The maximum atomic E-state index is 12.1. The summed E-state index contributed by atoms with van der Waals surface area (Å²) in [6.07, 6.45) is 2.14. The fourth-order valence-electron chi connectivity index (χ4n) is 1.98. The summed E-state index contributed by atoms with van der Waals surface area (Å²) < 4.78 is 0. The van der Waals surface area contributed by atoms with Gasteiger partial charge in [0.2, 0.25) is 0 Å². The van der Waals surface area contributed by atoms with Crippen LogP contribution < -0.4 is 0 Å². The van der Waals surface area contributed by atoms with Gasteiger partial charge >= 0.3 is 0 Å². The van der Waals surface area contributed by atoms with Gasteiger partial charge in [-0.25, -0.2) is 0 Å². The fourth-order valence-corrected chi connectivity index (χ4v) is 1.98. The molecule has 0 unspecified atom stereocenters. The minimum Gasteiger partial charge on any atom is -0.289 e. The van der Waals surface area contributed by atoms with Crippen LogP contribution in [0, 0.1) is 30.3 Å². The number of allylic oxidation sites excluding steroid dienone is 1. The molecule has 0 aromatic heterocycles. The van der Waals surface area contributed by atoms with Gasteiger partial charge in [-0.15, -0.1) is 0 Å². The molecule has 0 saturated carbocycles. The monoisotopic (exact) mass is 343 g/mol. The second kappa shape index (κ2) is 7.08. The number of hydrogen-bond acceptors (Lipinski definition) is 7. The average molecular weight is 343 g/mol. The van der Waals surface area contributed by atoms with E-state index in [1.54, 1.807) is 0 Å². The molecule has 0 aliphatic carbocycles. The smallest absolute Gasteiger partial charge is 0.283 e. The van der Waals surface area contributed by atoms with Crippen LogP contribution in [-0.4, -0.2) is 20.6 Å². The van der Waals surface area contributed by atoms with E-state index in [9.17, 15) is 35.1 Å². The van der Waals surface area contributed by atoms with Crippen LogP contribution in [0.4, 0.5) is 17.1 Å². The highest BCUT2D eigenvalue weighted by molar-refractivity contribution is 6.07. The van der Waals surface area contributed by atoms with Crippen molar-refractivity contribution in [3.8, 4) is 0 Å². The molecular formula is C15H9N3O7. The molecule has 2 aromatic carbocycles. The lowest BCUT2D eigenvalue weighted by molar-refractivity contribution is -0.394. The Labute approximate surface area is 139 Å². The lowest BCUT2D eigenvalue weighted by Gasteiger charge is -1.99. The number of non-ortho nitro benzene ring substituents is 2. The number of nitrogens with zero attached hydrogens (tertiary/aromatic N) is 3. The van der Waals surface area contributed by atoms with Crippen molar-refractivity contribution in [3.63, 3.8) is 0 Å². The number of hydrogen-bond donors (Lipinski definition) is 0. The van der Waals surface area contributed by atoms with Crippen LogP contribution in [0.25, 0.3) is 6.08 Å². The molecule has 10 nitrogen and oxygen atoms in total. The van der Waals surface area contributed by atoms with Gasteiger partial charge in [0.15, 0.2) is 5.78 Å². The minimum absolute atomic E-state index is 0.00520. The second-order valence-electron chi connectivity index (χ2n) is 4.76. The molecule has 2 rings (SSSR count). The molecule has 0 amide bonds. The van der Waals surface area contributed by atoms with E-state index in [1.807, 2.05) is 0 Å². The Morgan fingerprint density at radius 1 is 0.840 bits per heavy atom. The SMILES string of the molecule is O=C(/C=C/c1ccc([N+](=O)[O-])cc1[N+](=O)[O-])c1cccc([N+](=O)[O-])c1. The van der Waals surface area contributed by atoms with Gasteiger partial charge in [0.1, 0.15) is 0 Å². The van der Waals surface area contributed by atoms with E-state index in [0.717, 1.165) is 36.4 Å². The Kier molecular flexibility index (Phi) is 4.93. The molecule has 0 spiro atoms. The van der Waals surface area contributed by atoms with Crippen molar-refractivity contribution in [1.29, 1.82) is 0 Å². The zero-order valence-corrected chi connectivity index (χ0v) is 12.4. The van der Waals surface area contributed by atoms with Crippen molar-refractivity contribution in [2.45, 2.75) is 0 Å². The quantitative estimate of drug-likeness (QED) is 0.338. The number of nitro benzene ring substituents is 3. The van der Waals surface area contributed by atoms with Gasteiger partial charge in [-0.3, -0.25) is 35.1 Å². The third kappa shape index (κ3) is 4.07. The molecule has 0 radical (unpaired) electrons. The van der Waals surface area contributed by atoms with E-state index in [2.05, 4.69) is 0 Å². The molecule has 0 saturated heterocycles. The maximum absolute atomic E-state index is 12.1.